The second-order valence-corrected chi connectivity index (χ2v) is 4.69. The van der Waals surface area contributed by atoms with Crippen molar-refractivity contribution in [3.05, 3.63) is 5.51 Å². The van der Waals surface area contributed by atoms with Crippen molar-refractivity contribution in [1.82, 2.24) is 10.2 Å². The van der Waals surface area contributed by atoms with Crippen molar-refractivity contribution >= 4 is 34.8 Å². The van der Waals surface area contributed by atoms with Crippen molar-refractivity contribution in [3.63, 3.8) is 0 Å². The van der Waals surface area contributed by atoms with Crippen molar-refractivity contribution in [2.24, 2.45) is 11.7 Å². The number of nitrogens with zero attached hydrogens (tertiary/aromatic N) is 2. The van der Waals surface area contributed by atoms with E-state index in [0.717, 1.165) is 25.7 Å². The molecule has 1 fully saturated rings. The minimum absolute atomic E-state index is 0. The Morgan fingerprint density at radius 3 is 3.00 bits per heavy atom. The van der Waals surface area contributed by atoms with E-state index in [4.69, 9.17) is 5.73 Å². The lowest BCUT2D eigenvalue weighted by Gasteiger charge is -2.25. The molecule has 2 rings (SSSR count). The number of amides is 1. The van der Waals surface area contributed by atoms with Gasteiger partial charge in [-0.2, -0.15) is 0 Å². The fraction of sp³-hybridized carbons (Fsp3) is 0.667. The molecule has 5 nitrogen and oxygen atoms in total. The molecule has 16 heavy (non-hydrogen) atoms. The van der Waals surface area contributed by atoms with Crippen LogP contribution in [-0.4, -0.2) is 22.1 Å². The van der Waals surface area contributed by atoms with Gasteiger partial charge in [-0.3, -0.25) is 4.79 Å². The number of rotatable bonds is 2. The molecule has 0 radical (unpaired) electrons. The number of nitrogens with one attached hydrogen (secondary N) is 1. The van der Waals surface area contributed by atoms with Crippen LogP contribution < -0.4 is 11.1 Å². The van der Waals surface area contributed by atoms with E-state index in [1.54, 1.807) is 5.51 Å². The van der Waals surface area contributed by atoms with Crippen molar-refractivity contribution < 1.29 is 4.79 Å². The van der Waals surface area contributed by atoms with Crippen LogP contribution in [0.3, 0.4) is 0 Å². The number of hydrogen-bond acceptors (Lipinski definition) is 5. The largest absolute Gasteiger partial charge is 0.328 e. The van der Waals surface area contributed by atoms with Gasteiger partial charge in [0, 0.05) is 12.0 Å². The maximum atomic E-state index is 11.8. The van der Waals surface area contributed by atoms with Gasteiger partial charge >= 0.3 is 0 Å². The van der Waals surface area contributed by atoms with E-state index in [1.807, 2.05) is 0 Å². The fourth-order valence-corrected chi connectivity index (χ4v) is 2.35. The van der Waals surface area contributed by atoms with Gasteiger partial charge in [0.25, 0.3) is 0 Å². The summed E-state index contributed by atoms with van der Waals surface area (Å²) in [5.74, 6) is 0.0690. The van der Waals surface area contributed by atoms with Crippen LogP contribution in [0.1, 0.15) is 25.7 Å². The monoisotopic (exact) mass is 262 g/mol. The number of nitrogens with two attached hydrogens (primary N) is 1. The predicted octanol–water partition coefficient (Wildman–Crippen LogP) is 1.42. The van der Waals surface area contributed by atoms with Crippen molar-refractivity contribution in [2.45, 2.75) is 31.7 Å². The smallest absolute Gasteiger partial charge is 0.229 e. The van der Waals surface area contributed by atoms with Gasteiger partial charge in [-0.15, -0.1) is 22.6 Å². The van der Waals surface area contributed by atoms with Crippen molar-refractivity contribution in [3.8, 4) is 0 Å². The first-order chi connectivity index (χ1) is 7.25. The molecule has 1 aliphatic carbocycles. The second-order valence-electron chi connectivity index (χ2n) is 3.86. The Bertz CT molecular complexity index is 332. The quantitative estimate of drug-likeness (QED) is 0.845. The van der Waals surface area contributed by atoms with Gasteiger partial charge in [-0.05, 0) is 19.3 Å². The van der Waals surface area contributed by atoms with Gasteiger partial charge in [-0.1, -0.05) is 17.8 Å². The average molecular weight is 263 g/mol. The highest BCUT2D eigenvalue weighted by Gasteiger charge is 2.25. The summed E-state index contributed by atoms with van der Waals surface area (Å²) in [6.07, 6.45) is 3.78. The Labute approximate surface area is 104 Å². The molecule has 0 aromatic carbocycles. The molecule has 1 amide bonds. The number of aromatic nitrogens is 2. The highest BCUT2D eigenvalue weighted by atomic mass is 35.5. The average Bonchev–Trinajstić information content (AvgIpc) is 2.70. The topological polar surface area (TPSA) is 80.9 Å². The zero-order valence-corrected chi connectivity index (χ0v) is 10.4. The first-order valence-electron chi connectivity index (χ1n) is 5.08. The molecule has 7 heteroatoms. The molecule has 1 aromatic rings. The van der Waals surface area contributed by atoms with Crippen LogP contribution in [0, 0.1) is 5.92 Å². The van der Waals surface area contributed by atoms with Gasteiger partial charge in [0.2, 0.25) is 11.0 Å². The summed E-state index contributed by atoms with van der Waals surface area (Å²) in [5.41, 5.74) is 7.43. The molecular weight excluding hydrogens is 248 g/mol. The first-order valence-corrected chi connectivity index (χ1v) is 5.96. The van der Waals surface area contributed by atoms with E-state index in [-0.39, 0.29) is 30.3 Å². The van der Waals surface area contributed by atoms with Gasteiger partial charge in [0.15, 0.2) is 0 Å². The van der Waals surface area contributed by atoms with E-state index in [9.17, 15) is 4.79 Å². The van der Waals surface area contributed by atoms with Gasteiger partial charge in [-0.25, -0.2) is 0 Å². The highest BCUT2D eigenvalue weighted by Crippen LogP contribution is 2.24. The Morgan fingerprint density at radius 1 is 1.56 bits per heavy atom. The first kappa shape index (κ1) is 13.3. The Balaban J connectivity index is 0.00000128. The molecule has 2 unspecified atom stereocenters. The molecule has 2 atom stereocenters. The third kappa shape index (κ3) is 3.40. The molecule has 90 valence electrons. The van der Waals surface area contributed by atoms with Crippen LogP contribution in [0.2, 0.25) is 0 Å². The van der Waals surface area contributed by atoms with E-state index < -0.39 is 0 Å². The van der Waals surface area contributed by atoms with Crippen LogP contribution in [0.5, 0.6) is 0 Å². The molecule has 0 spiro atoms. The third-order valence-corrected chi connectivity index (χ3v) is 3.28. The standard InChI is InChI=1S/C9H14N4OS.ClH/c10-7-3-1-2-6(4-7)8(14)12-9-13-11-5-15-9;/h5-7H,1-4,10H2,(H,12,13,14);1H. The zero-order chi connectivity index (χ0) is 10.7. The summed E-state index contributed by atoms with van der Waals surface area (Å²) in [6.45, 7) is 0. The normalized spacial score (nSPS) is 24.6. The van der Waals surface area contributed by atoms with Crippen LogP contribution in [0.25, 0.3) is 0 Å². The molecule has 3 N–H and O–H groups in total. The maximum Gasteiger partial charge on any atom is 0.229 e. The molecule has 1 heterocycles. The van der Waals surface area contributed by atoms with Gasteiger partial charge in [0.05, 0.1) is 0 Å². The summed E-state index contributed by atoms with van der Waals surface area (Å²) in [7, 11) is 0. The zero-order valence-electron chi connectivity index (χ0n) is 8.76. The van der Waals surface area contributed by atoms with Crippen molar-refractivity contribution in [1.29, 1.82) is 0 Å². The second kappa shape index (κ2) is 6.12. The molecule has 0 saturated heterocycles. The number of anilines is 1. The molecule has 0 aliphatic heterocycles. The number of carbonyl (C=O) groups excluding carboxylic acids is 1. The maximum absolute atomic E-state index is 11.8. The predicted molar refractivity (Wildman–Crippen MR) is 65.7 cm³/mol. The van der Waals surface area contributed by atoms with Gasteiger partial charge < -0.3 is 11.1 Å². The van der Waals surface area contributed by atoms with Crippen LogP contribution in [0.4, 0.5) is 5.13 Å². The SMILES string of the molecule is Cl.NC1CCCC(C(=O)Nc2nncs2)C1. The van der Waals surface area contributed by atoms with Crippen molar-refractivity contribution in [2.75, 3.05) is 5.32 Å². The van der Waals surface area contributed by atoms with E-state index >= 15 is 0 Å². The summed E-state index contributed by atoms with van der Waals surface area (Å²) in [5, 5.41) is 10.8. The van der Waals surface area contributed by atoms with Crippen LogP contribution in [-0.2, 0) is 4.79 Å². The minimum atomic E-state index is 0. The molecule has 1 aromatic heterocycles. The van der Waals surface area contributed by atoms with Crippen LogP contribution >= 0.6 is 23.7 Å². The summed E-state index contributed by atoms with van der Waals surface area (Å²) >= 11 is 1.33. The fourth-order valence-electron chi connectivity index (χ4n) is 1.90. The van der Waals surface area contributed by atoms with E-state index in [1.165, 1.54) is 11.3 Å². The Hall–Kier alpha value is -0.720. The molecular formula is C9H15ClN4OS. The lowest BCUT2D eigenvalue weighted by atomic mass is 9.86. The number of hydrogen-bond donors (Lipinski definition) is 2. The van der Waals surface area contributed by atoms with E-state index in [0.29, 0.717) is 5.13 Å². The summed E-state index contributed by atoms with van der Waals surface area (Å²) in [4.78, 5) is 11.8. The minimum Gasteiger partial charge on any atom is -0.328 e. The van der Waals surface area contributed by atoms with Gasteiger partial charge in [0.1, 0.15) is 5.51 Å². The number of carbonyl (C=O) groups is 1. The molecule has 0 bridgehead atoms. The molecule has 1 aliphatic rings. The summed E-state index contributed by atoms with van der Waals surface area (Å²) in [6, 6.07) is 0.170. The lowest BCUT2D eigenvalue weighted by Crippen LogP contribution is -2.34. The lowest BCUT2D eigenvalue weighted by molar-refractivity contribution is -0.120. The third-order valence-electron chi connectivity index (χ3n) is 2.68. The highest BCUT2D eigenvalue weighted by molar-refractivity contribution is 7.13. The number of halogens is 1. The van der Waals surface area contributed by atoms with Crippen LogP contribution in [0.15, 0.2) is 5.51 Å². The van der Waals surface area contributed by atoms with E-state index in [2.05, 4.69) is 15.5 Å². The molecule has 1 saturated carbocycles. The Morgan fingerprint density at radius 2 is 2.38 bits per heavy atom. The summed E-state index contributed by atoms with van der Waals surface area (Å²) < 4.78 is 0. The Kier molecular flexibility index (Phi) is 5.11.